The predicted molar refractivity (Wildman–Crippen MR) is 47.6 cm³/mol. The Morgan fingerprint density at radius 2 is 2.23 bits per heavy atom. The van der Waals surface area contributed by atoms with E-state index in [4.69, 9.17) is 5.11 Å². The number of aliphatic hydroxyl groups is 1. The summed E-state index contributed by atoms with van der Waals surface area (Å²) in [6.45, 7) is 1.19. The van der Waals surface area contributed by atoms with E-state index in [9.17, 15) is 8.78 Å². The molecule has 0 aliphatic heterocycles. The fraction of sp³-hybridized carbons (Fsp3) is 0.375. The maximum absolute atomic E-state index is 12.4. The lowest BCUT2D eigenvalue weighted by Gasteiger charge is -2.08. The van der Waals surface area contributed by atoms with Crippen LogP contribution in [0.25, 0.3) is 0 Å². The van der Waals surface area contributed by atoms with Gasteiger partial charge < -0.3 is 5.11 Å². The quantitative estimate of drug-likeness (QED) is 0.820. The highest BCUT2D eigenvalue weighted by atomic mass is 79.9. The molecule has 0 saturated carbocycles. The second kappa shape index (κ2) is 4.11. The average molecular weight is 252 g/mol. The summed E-state index contributed by atoms with van der Waals surface area (Å²) in [6.07, 6.45) is -2.58. The smallest absolute Gasteiger partial charge is 0.264 e. The van der Waals surface area contributed by atoms with Crippen molar-refractivity contribution in [2.75, 3.05) is 0 Å². The van der Waals surface area contributed by atoms with Crippen LogP contribution in [0.3, 0.4) is 0 Å². The lowest BCUT2D eigenvalue weighted by Crippen LogP contribution is -1.99. The zero-order chi connectivity index (χ0) is 10.0. The number of aromatic nitrogens is 1. The number of hydrogen-bond donors (Lipinski definition) is 1. The Morgan fingerprint density at radius 3 is 2.69 bits per heavy atom. The molecule has 5 heteroatoms. The van der Waals surface area contributed by atoms with Crippen molar-refractivity contribution in [1.29, 1.82) is 0 Å². The number of aryl methyl sites for hydroxylation is 1. The van der Waals surface area contributed by atoms with Gasteiger partial charge in [-0.05, 0) is 28.9 Å². The summed E-state index contributed by atoms with van der Waals surface area (Å²) in [6, 6.07) is 1.28. The lowest BCUT2D eigenvalue weighted by molar-refractivity contribution is 0.146. The molecule has 0 radical (unpaired) electrons. The minimum absolute atomic E-state index is 0.153. The first-order valence-corrected chi connectivity index (χ1v) is 4.40. The summed E-state index contributed by atoms with van der Waals surface area (Å²) < 4.78 is 25.1. The van der Waals surface area contributed by atoms with E-state index in [1.807, 2.05) is 0 Å². The van der Waals surface area contributed by atoms with Gasteiger partial charge in [-0.3, -0.25) is 0 Å². The second-order valence-corrected chi connectivity index (χ2v) is 3.33. The van der Waals surface area contributed by atoms with Crippen LogP contribution in [0.15, 0.2) is 10.7 Å². The van der Waals surface area contributed by atoms with E-state index in [1.165, 1.54) is 6.07 Å². The van der Waals surface area contributed by atoms with Gasteiger partial charge in [0.25, 0.3) is 6.43 Å². The Balaban J connectivity index is 3.29. The molecule has 2 nitrogen and oxygen atoms in total. The molecule has 0 aliphatic rings. The zero-order valence-corrected chi connectivity index (χ0v) is 8.48. The van der Waals surface area contributed by atoms with Crippen LogP contribution in [-0.4, -0.2) is 10.1 Å². The van der Waals surface area contributed by atoms with Crippen molar-refractivity contribution < 1.29 is 13.9 Å². The van der Waals surface area contributed by atoms with E-state index in [0.717, 1.165) is 0 Å². The number of halogens is 3. The fourth-order valence-corrected chi connectivity index (χ4v) is 1.67. The van der Waals surface area contributed by atoms with Crippen molar-refractivity contribution >= 4 is 15.9 Å². The summed E-state index contributed by atoms with van der Waals surface area (Å²) in [5, 5.41) is 8.84. The molecule has 0 aliphatic carbocycles. The molecule has 0 fully saturated rings. The Labute approximate surface area is 82.7 Å². The fourth-order valence-electron chi connectivity index (χ4n) is 1.04. The second-order valence-electron chi connectivity index (χ2n) is 2.58. The van der Waals surface area contributed by atoms with Crippen molar-refractivity contribution in [3.05, 3.63) is 27.5 Å². The van der Waals surface area contributed by atoms with Crippen molar-refractivity contribution in [3.63, 3.8) is 0 Å². The summed E-state index contributed by atoms with van der Waals surface area (Å²) in [4.78, 5) is 3.91. The highest BCUT2D eigenvalue weighted by Crippen LogP contribution is 2.28. The molecule has 0 amide bonds. The third-order valence-electron chi connectivity index (χ3n) is 1.63. The molecular weight excluding hydrogens is 244 g/mol. The molecule has 0 atom stereocenters. The Hall–Kier alpha value is -0.550. The SMILES string of the molecule is Cc1cc(C(F)F)c(CO)c(Br)n1. The van der Waals surface area contributed by atoms with Crippen molar-refractivity contribution in [1.82, 2.24) is 4.98 Å². The van der Waals surface area contributed by atoms with Crippen LogP contribution in [0.2, 0.25) is 0 Å². The normalized spacial score (nSPS) is 10.9. The van der Waals surface area contributed by atoms with Crippen LogP contribution in [0.1, 0.15) is 23.2 Å². The molecule has 72 valence electrons. The molecule has 0 aromatic carbocycles. The van der Waals surface area contributed by atoms with E-state index in [2.05, 4.69) is 20.9 Å². The lowest BCUT2D eigenvalue weighted by atomic mass is 10.1. The first kappa shape index (κ1) is 10.5. The zero-order valence-electron chi connectivity index (χ0n) is 6.89. The molecular formula is C8H8BrF2NO. The highest BCUT2D eigenvalue weighted by Gasteiger charge is 2.16. The van der Waals surface area contributed by atoms with Gasteiger partial charge in [0.05, 0.1) is 6.61 Å². The van der Waals surface area contributed by atoms with Gasteiger partial charge in [-0.1, -0.05) is 0 Å². The predicted octanol–water partition coefficient (Wildman–Crippen LogP) is 2.58. The average Bonchev–Trinajstić information content (AvgIpc) is 2.02. The van der Waals surface area contributed by atoms with E-state index in [-0.39, 0.29) is 15.7 Å². The first-order valence-electron chi connectivity index (χ1n) is 3.61. The van der Waals surface area contributed by atoms with Gasteiger partial charge in [-0.25, -0.2) is 13.8 Å². The molecule has 1 aromatic heterocycles. The third kappa shape index (κ3) is 2.22. The summed E-state index contributed by atoms with van der Waals surface area (Å²) in [7, 11) is 0. The summed E-state index contributed by atoms with van der Waals surface area (Å²) >= 11 is 3.02. The standard InChI is InChI=1S/C8H8BrF2NO/c1-4-2-5(8(10)11)6(3-13)7(9)12-4/h2,8,13H,3H2,1H3. The third-order valence-corrected chi connectivity index (χ3v) is 2.29. The van der Waals surface area contributed by atoms with Crippen LogP contribution in [0.4, 0.5) is 8.78 Å². The van der Waals surface area contributed by atoms with E-state index in [0.29, 0.717) is 5.69 Å². The number of hydrogen-bond acceptors (Lipinski definition) is 2. The molecule has 1 rings (SSSR count). The van der Waals surface area contributed by atoms with Crippen LogP contribution in [-0.2, 0) is 6.61 Å². The van der Waals surface area contributed by atoms with Gasteiger partial charge in [-0.2, -0.15) is 0 Å². The first-order chi connectivity index (χ1) is 6.06. The van der Waals surface area contributed by atoms with Gasteiger partial charge in [0, 0.05) is 16.8 Å². The van der Waals surface area contributed by atoms with Gasteiger partial charge in [0.1, 0.15) is 4.60 Å². The minimum Gasteiger partial charge on any atom is -0.392 e. The molecule has 1 aromatic rings. The maximum atomic E-state index is 12.4. The van der Waals surface area contributed by atoms with Crippen LogP contribution >= 0.6 is 15.9 Å². The van der Waals surface area contributed by atoms with Crippen molar-refractivity contribution in [3.8, 4) is 0 Å². The van der Waals surface area contributed by atoms with E-state index < -0.39 is 13.0 Å². The Bertz CT molecular complexity index is 317. The number of rotatable bonds is 2. The summed E-state index contributed by atoms with van der Waals surface area (Å²) in [5.74, 6) is 0. The highest BCUT2D eigenvalue weighted by molar-refractivity contribution is 9.10. The van der Waals surface area contributed by atoms with Crippen LogP contribution in [0.5, 0.6) is 0 Å². The minimum atomic E-state index is -2.58. The molecule has 0 bridgehead atoms. The largest absolute Gasteiger partial charge is 0.392 e. The molecule has 1 N–H and O–H groups in total. The van der Waals surface area contributed by atoms with Gasteiger partial charge >= 0.3 is 0 Å². The monoisotopic (exact) mass is 251 g/mol. The van der Waals surface area contributed by atoms with Gasteiger partial charge in [0.15, 0.2) is 0 Å². The molecule has 1 heterocycles. The van der Waals surface area contributed by atoms with Crippen LogP contribution in [0, 0.1) is 6.92 Å². The Morgan fingerprint density at radius 1 is 1.62 bits per heavy atom. The number of pyridine rings is 1. The molecule has 0 saturated heterocycles. The number of alkyl halides is 2. The summed E-state index contributed by atoms with van der Waals surface area (Å²) in [5.41, 5.74) is 0.488. The number of aliphatic hydroxyl groups excluding tert-OH is 1. The molecule has 0 spiro atoms. The van der Waals surface area contributed by atoms with Crippen LogP contribution < -0.4 is 0 Å². The van der Waals surface area contributed by atoms with Crippen molar-refractivity contribution in [2.24, 2.45) is 0 Å². The molecule has 13 heavy (non-hydrogen) atoms. The van der Waals surface area contributed by atoms with Gasteiger partial charge in [0.2, 0.25) is 0 Å². The van der Waals surface area contributed by atoms with E-state index in [1.54, 1.807) is 6.92 Å². The topological polar surface area (TPSA) is 33.1 Å². The molecule has 0 unspecified atom stereocenters. The maximum Gasteiger partial charge on any atom is 0.264 e. The van der Waals surface area contributed by atoms with Crippen molar-refractivity contribution in [2.45, 2.75) is 20.0 Å². The van der Waals surface area contributed by atoms with E-state index >= 15 is 0 Å². The Kier molecular flexibility index (Phi) is 3.33. The number of nitrogens with zero attached hydrogens (tertiary/aromatic N) is 1. The van der Waals surface area contributed by atoms with Gasteiger partial charge in [-0.15, -0.1) is 0 Å².